The fourth-order valence-corrected chi connectivity index (χ4v) is 2.27. The summed E-state index contributed by atoms with van der Waals surface area (Å²) in [4.78, 5) is 0. The van der Waals surface area contributed by atoms with E-state index in [9.17, 15) is 13.2 Å². The normalized spacial score (nSPS) is 12.2. The first-order valence-corrected chi connectivity index (χ1v) is 4.65. The fraction of sp³-hybridized carbons (Fsp3) is 0.111. The van der Waals surface area contributed by atoms with Crippen LogP contribution in [0.4, 0.5) is 18.2 Å². The van der Waals surface area contributed by atoms with E-state index in [1.165, 1.54) is 6.07 Å². The van der Waals surface area contributed by atoms with Gasteiger partial charge in [-0.15, -0.1) is 11.3 Å². The van der Waals surface area contributed by atoms with Crippen LogP contribution in [-0.4, -0.2) is 0 Å². The van der Waals surface area contributed by atoms with Gasteiger partial charge in [0.25, 0.3) is 0 Å². The number of hydrogen-bond donors (Lipinski definition) is 1. The molecule has 2 N–H and O–H groups in total. The van der Waals surface area contributed by atoms with Crippen LogP contribution in [0, 0.1) is 0 Å². The number of nitrogens with two attached hydrogens (primary N) is 1. The Hall–Kier alpha value is -1.23. The maximum absolute atomic E-state index is 12.5. The number of alkyl halides is 3. The summed E-state index contributed by atoms with van der Waals surface area (Å²) >= 11 is 0.963. The van der Waals surface area contributed by atoms with E-state index in [2.05, 4.69) is 0 Å². The Balaban J connectivity index is 2.77. The van der Waals surface area contributed by atoms with E-state index in [1.54, 1.807) is 12.1 Å². The van der Waals surface area contributed by atoms with Gasteiger partial charge in [-0.2, -0.15) is 13.2 Å². The van der Waals surface area contributed by atoms with Crippen molar-refractivity contribution >= 4 is 26.4 Å². The van der Waals surface area contributed by atoms with Crippen LogP contribution in [0.3, 0.4) is 0 Å². The lowest BCUT2D eigenvalue weighted by Gasteiger charge is -2.06. The van der Waals surface area contributed by atoms with Gasteiger partial charge in [0.15, 0.2) is 0 Å². The molecule has 1 aromatic carbocycles. The topological polar surface area (TPSA) is 26.0 Å². The summed E-state index contributed by atoms with van der Waals surface area (Å²) in [5, 5.41) is 0.944. The second-order valence-electron chi connectivity index (χ2n) is 2.87. The van der Waals surface area contributed by atoms with Gasteiger partial charge < -0.3 is 5.73 Å². The minimum atomic E-state index is -4.31. The van der Waals surface area contributed by atoms with E-state index in [-0.39, 0.29) is 4.70 Å². The van der Waals surface area contributed by atoms with Gasteiger partial charge >= 0.3 is 6.18 Å². The second kappa shape index (κ2) is 2.88. The van der Waals surface area contributed by atoms with Crippen LogP contribution in [0.2, 0.25) is 0 Å². The Kier molecular flexibility index (Phi) is 1.92. The smallest absolute Gasteiger partial charge is 0.391 e. The number of fused-ring (bicyclic) bond motifs is 1. The molecule has 2 rings (SSSR count). The summed E-state index contributed by atoms with van der Waals surface area (Å²) in [6.45, 7) is 0. The van der Waals surface area contributed by atoms with Crippen molar-refractivity contribution in [3.8, 4) is 0 Å². The predicted molar refractivity (Wildman–Crippen MR) is 51.2 cm³/mol. The Bertz CT molecular complexity index is 472. The van der Waals surface area contributed by atoms with Crippen molar-refractivity contribution in [2.24, 2.45) is 0 Å². The van der Waals surface area contributed by atoms with Crippen molar-refractivity contribution in [2.45, 2.75) is 6.18 Å². The van der Waals surface area contributed by atoms with Gasteiger partial charge in [0.1, 0.15) is 0 Å². The van der Waals surface area contributed by atoms with Crippen molar-refractivity contribution in [3.63, 3.8) is 0 Å². The van der Waals surface area contributed by atoms with E-state index in [1.807, 2.05) is 0 Å². The summed E-state index contributed by atoms with van der Waals surface area (Å²) < 4.78 is 37.7. The predicted octanol–water partition coefficient (Wildman–Crippen LogP) is 3.50. The quantitative estimate of drug-likeness (QED) is 0.718. The van der Waals surface area contributed by atoms with Crippen LogP contribution in [0.5, 0.6) is 0 Å². The Morgan fingerprint density at radius 2 is 1.93 bits per heavy atom. The Labute approximate surface area is 82.0 Å². The van der Waals surface area contributed by atoms with E-state index < -0.39 is 11.7 Å². The summed E-state index contributed by atoms with van der Waals surface area (Å²) in [5.74, 6) is 0. The van der Waals surface area contributed by atoms with E-state index in [0.717, 1.165) is 17.4 Å². The Morgan fingerprint density at radius 3 is 2.57 bits per heavy atom. The lowest BCUT2D eigenvalue weighted by Crippen LogP contribution is -2.04. The lowest BCUT2D eigenvalue weighted by molar-refractivity contribution is -0.136. The number of anilines is 1. The summed E-state index contributed by atoms with van der Waals surface area (Å²) in [6.07, 6.45) is -4.31. The molecule has 74 valence electrons. The molecule has 0 fully saturated rings. The number of thiophene rings is 1. The van der Waals surface area contributed by atoms with Crippen LogP contribution >= 0.6 is 11.3 Å². The van der Waals surface area contributed by atoms with Crippen LogP contribution in [0.15, 0.2) is 24.3 Å². The molecule has 0 unspecified atom stereocenters. The van der Waals surface area contributed by atoms with Crippen molar-refractivity contribution < 1.29 is 13.2 Å². The van der Waals surface area contributed by atoms with Gasteiger partial charge in [-0.05, 0) is 17.5 Å². The molecule has 0 aliphatic heterocycles. The number of nitrogen functional groups attached to an aromatic ring is 1. The zero-order valence-corrected chi connectivity index (χ0v) is 7.75. The average Bonchev–Trinajstić information content (AvgIpc) is 2.41. The van der Waals surface area contributed by atoms with E-state index in [0.29, 0.717) is 10.4 Å². The standard InChI is InChI=1S/C9H6F3NS/c10-9(11,12)6-3-1-2-5-4-7(13)14-8(5)6/h1-4H,13H2. The van der Waals surface area contributed by atoms with Crippen LogP contribution in [0.25, 0.3) is 10.1 Å². The molecular formula is C9H6F3NS. The van der Waals surface area contributed by atoms with Gasteiger partial charge in [-0.1, -0.05) is 12.1 Å². The van der Waals surface area contributed by atoms with E-state index >= 15 is 0 Å². The number of hydrogen-bond acceptors (Lipinski definition) is 2. The molecule has 14 heavy (non-hydrogen) atoms. The molecule has 0 saturated heterocycles. The van der Waals surface area contributed by atoms with Crippen LogP contribution in [0.1, 0.15) is 5.56 Å². The third kappa shape index (κ3) is 1.43. The first-order chi connectivity index (χ1) is 6.48. The van der Waals surface area contributed by atoms with Gasteiger partial charge in [0.2, 0.25) is 0 Å². The Morgan fingerprint density at radius 1 is 1.21 bits per heavy atom. The van der Waals surface area contributed by atoms with Crippen LogP contribution in [-0.2, 0) is 6.18 Å². The van der Waals surface area contributed by atoms with Crippen molar-refractivity contribution in [3.05, 3.63) is 29.8 Å². The third-order valence-electron chi connectivity index (χ3n) is 1.87. The summed E-state index contributed by atoms with van der Waals surface area (Å²) in [7, 11) is 0. The lowest BCUT2D eigenvalue weighted by atomic mass is 10.1. The first kappa shape index (κ1) is 9.33. The number of rotatable bonds is 0. The van der Waals surface area contributed by atoms with Gasteiger partial charge in [-0.3, -0.25) is 0 Å². The molecule has 0 aliphatic rings. The molecule has 0 saturated carbocycles. The molecule has 1 heterocycles. The molecule has 0 radical (unpaired) electrons. The van der Waals surface area contributed by atoms with Gasteiger partial charge in [-0.25, -0.2) is 0 Å². The number of benzene rings is 1. The highest BCUT2D eigenvalue weighted by Crippen LogP contribution is 2.39. The maximum atomic E-state index is 12.5. The highest BCUT2D eigenvalue weighted by molar-refractivity contribution is 7.22. The zero-order valence-electron chi connectivity index (χ0n) is 6.93. The van der Waals surface area contributed by atoms with Crippen molar-refractivity contribution in [2.75, 3.05) is 5.73 Å². The molecule has 0 atom stereocenters. The molecule has 0 aliphatic carbocycles. The summed E-state index contributed by atoms with van der Waals surface area (Å²) in [5.41, 5.74) is 4.84. The molecule has 2 aromatic rings. The van der Waals surface area contributed by atoms with Gasteiger partial charge in [0, 0.05) is 4.70 Å². The minimum absolute atomic E-state index is 0.206. The van der Waals surface area contributed by atoms with Crippen molar-refractivity contribution in [1.82, 2.24) is 0 Å². The summed E-state index contributed by atoms with van der Waals surface area (Å²) in [6, 6.07) is 5.63. The van der Waals surface area contributed by atoms with Crippen molar-refractivity contribution in [1.29, 1.82) is 0 Å². The molecule has 0 amide bonds. The second-order valence-corrected chi connectivity index (χ2v) is 3.95. The van der Waals surface area contributed by atoms with E-state index in [4.69, 9.17) is 5.73 Å². The third-order valence-corrected chi connectivity index (χ3v) is 2.88. The SMILES string of the molecule is Nc1cc2cccc(C(F)(F)F)c2s1. The number of halogens is 3. The molecule has 1 nitrogen and oxygen atoms in total. The average molecular weight is 217 g/mol. The van der Waals surface area contributed by atoms with Gasteiger partial charge in [0.05, 0.1) is 10.6 Å². The molecule has 0 spiro atoms. The molecule has 1 aromatic heterocycles. The first-order valence-electron chi connectivity index (χ1n) is 3.84. The zero-order chi connectivity index (χ0) is 10.3. The monoisotopic (exact) mass is 217 g/mol. The fourth-order valence-electron chi connectivity index (χ4n) is 1.31. The molecule has 5 heteroatoms. The highest BCUT2D eigenvalue weighted by atomic mass is 32.1. The maximum Gasteiger partial charge on any atom is 0.417 e. The largest absolute Gasteiger partial charge is 0.417 e. The van der Waals surface area contributed by atoms with Crippen LogP contribution < -0.4 is 5.73 Å². The molecule has 0 bridgehead atoms. The minimum Gasteiger partial charge on any atom is -0.391 e. The molecular weight excluding hydrogens is 211 g/mol. The highest BCUT2D eigenvalue weighted by Gasteiger charge is 2.32.